The fraction of sp³-hybridized carbons (Fsp3) is 0.291. The van der Waals surface area contributed by atoms with Gasteiger partial charge in [-0.3, -0.25) is 9.13 Å². The average Bonchev–Trinajstić information content (AvgIpc) is 1.57. The van der Waals surface area contributed by atoms with Crippen LogP contribution in [0.2, 0.25) is 0 Å². The molecule has 0 aliphatic rings. The Bertz CT molecular complexity index is 5850. The monoisotopic (exact) mass is 1620 g/mol. The van der Waals surface area contributed by atoms with Crippen molar-refractivity contribution in [3.63, 3.8) is 0 Å². The van der Waals surface area contributed by atoms with E-state index in [9.17, 15) is 10.2 Å². The van der Waals surface area contributed by atoms with Crippen molar-refractivity contribution in [3.8, 4) is 90.4 Å². The summed E-state index contributed by atoms with van der Waals surface area (Å²) in [5, 5.41) is 33.4. The quantitative estimate of drug-likeness (QED) is 0.105. The molecule has 0 aliphatic carbocycles. The molecule has 10 heteroatoms. The zero-order valence-corrected chi connectivity index (χ0v) is 76.7. The second kappa shape index (κ2) is 31.3. The first-order valence-corrected chi connectivity index (χ1v) is 45.1. The first kappa shape index (κ1) is 84.2. The van der Waals surface area contributed by atoms with Crippen molar-refractivity contribution in [2.75, 3.05) is 0 Å². The molecular formula is C110H118N6O2P2. The van der Waals surface area contributed by atoms with Gasteiger partial charge in [-0.2, -0.15) is 0 Å². The number of imidazole rings is 2. The minimum absolute atomic E-state index is 0.192. The molecule has 0 radical (unpaired) electrons. The van der Waals surface area contributed by atoms with Gasteiger partial charge in [0.25, 0.3) is 0 Å². The summed E-state index contributed by atoms with van der Waals surface area (Å²) >= 11 is 0. The molecular weight excluding hydrogens is 1500 g/mol. The fourth-order valence-corrected chi connectivity index (χ4v) is 21.1. The third kappa shape index (κ3) is 16.9. The number of phenolic OH excluding ortho intramolecular Hbond substituents is 2. The maximum Gasteiger partial charge on any atom is 0.149 e. The normalized spacial score (nSPS) is 12.9. The summed E-state index contributed by atoms with van der Waals surface area (Å²) in [7, 11) is -2.35. The van der Waals surface area contributed by atoms with Crippen LogP contribution in [0.4, 0.5) is 0 Å². The van der Waals surface area contributed by atoms with Crippen LogP contribution in [-0.4, -0.2) is 39.3 Å². The van der Waals surface area contributed by atoms with Gasteiger partial charge in [0.2, 0.25) is 0 Å². The topological polar surface area (TPSA) is 102 Å². The van der Waals surface area contributed by atoms with Crippen LogP contribution < -0.4 is 31.8 Å². The highest BCUT2D eigenvalue weighted by molar-refractivity contribution is 7.80. The molecule has 8 nitrogen and oxygen atoms in total. The Labute approximate surface area is 715 Å². The van der Waals surface area contributed by atoms with Crippen LogP contribution in [-0.2, 0) is 43.3 Å². The molecule has 0 unspecified atom stereocenters. The Kier molecular flexibility index (Phi) is 21.9. The van der Waals surface area contributed by atoms with E-state index < -0.39 is 26.7 Å². The molecule has 15 aromatic rings. The second-order valence-corrected chi connectivity index (χ2v) is 45.5. The number of aromatic nitrogens is 6. The predicted molar refractivity (Wildman–Crippen MR) is 514 cm³/mol. The number of para-hydroxylation sites is 2. The minimum atomic E-state index is -1.17. The van der Waals surface area contributed by atoms with Gasteiger partial charge in [-0.1, -0.05) is 336 Å². The number of hydrogen-bond donors (Lipinski definition) is 2. The lowest BCUT2D eigenvalue weighted by Crippen LogP contribution is -2.21. The molecule has 2 N–H and O–H groups in total. The van der Waals surface area contributed by atoms with E-state index in [4.69, 9.17) is 19.9 Å². The molecule has 610 valence electrons. The molecule has 0 bridgehead atoms. The van der Waals surface area contributed by atoms with Gasteiger partial charge in [-0.15, -0.1) is 0 Å². The number of hydrogen-bond acceptors (Lipinski definition) is 6. The highest BCUT2D eigenvalue weighted by Crippen LogP contribution is 2.50. The molecule has 3 aromatic heterocycles. The highest BCUT2D eigenvalue weighted by atomic mass is 31.1. The molecule has 0 aliphatic heterocycles. The Morgan fingerprint density at radius 3 is 0.817 bits per heavy atom. The summed E-state index contributed by atoms with van der Waals surface area (Å²) in [6.45, 7) is 54.1. The number of aromatic hydroxyl groups is 2. The van der Waals surface area contributed by atoms with Crippen molar-refractivity contribution in [3.05, 3.63) is 312 Å². The summed E-state index contributed by atoms with van der Waals surface area (Å²) < 4.78 is 4.64. The molecule has 0 amide bonds. The lowest BCUT2D eigenvalue weighted by molar-refractivity contribution is 0.445. The molecule has 12 aromatic carbocycles. The summed E-state index contributed by atoms with van der Waals surface area (Å²) in [5.41, 5.74) is 20.8. The van der Waals surface area contributed by atoms with Gasteiger partial charge in [0.15, 0.2) is 0 Å². The lowest BCUT2D eigenvalue weighted by atomic mass is 9.78. The van der Waals surface area contributed by atoms with Crippen LogP contribution in [0, 0.1) is 0 Å². The van der Waals surface area contributed by atoms with E-state index in [0.717, 1.165) is 111 Å². The van der Waals surface area contributed by atoms with Gasteiger partial charge >= 0.3 is 0 Å². The molecule has 0 spiro atoms. The number of phenols is 2. The largest absolute Gasteiger partial charge is 0.507 e. The number of benzene rings is 12. The number of nitrogens with zero attached hydrogens (tertiary/aromatic N) is 6. The molecule has 0 saturated heterocycles. The van der Waals surface area contributed by atoms with Crippen molar-refractivity contribution in [1.82, 2.24) is 29.1 Å². The summed E-state index contributed by atoms with van der Waals surface area (Å²) in [6.07, 6.45) is 1.74. The zero-order valence-electron chi connectivity index (χ0n) is 74.9. The summed E-state index contributed by atoms with van der Waals surface area (Å²) in [4.78, 5) is 22.6. The molecule has 0 saturated carbocycles. The van der Waals surface area contributed by atoms with E-state index in [0.29, 0.717) is 22.8 Å². The van der Waals surface area contributed by atoms with Crippen molar-refractivity contribution in [1.29, 1.82) is 0 Å². The Morgan fingerprint density at radius 1 is 0.250 bits per heavy atom. The fourth-order valence-electron chi connectivity index (χ4n) is 16.3. The van der Waals surface area contributed by atoms with Gasteiger partial charge in [0.05, 0.1) is 44.6 Å². The highest BCUT2D eigenvalue weighted by Gasteiger charge is 2.35. The third-order valence-corrected chi connectivity index (χ3v) is 28.3. The molecule has 3 heterocycles. The van der Waals surface area contributed by atoms with Crippen LogP contribution in [0.25, 0.3) is 101 Å². The summed E-state index contributed by atoms with van der Waals surface area (Å²) in [5.74, 6) is 1.80. The van der Waals surface area contributed by atoms with Crippen LogP contribution in [0.1, 0.15) is 211 Å². The summed E-state index contributed by atoms with van der Waals surface area (Å²) in [6, 6.07) is 96.2. The van der Waals surface area contributed by atoms with Gasteiger partial charge in [-0.05, 0) is 226 Å². The molecule has 15 rings (SSSR count). The Balaban J connectivity index is 1.01. The van der Waals surface area contributed by atoms with E-state index >= 15 is 0 Å². The number of fused-ring (bicyclic) bond motifs is 2. The van der Waals surface area contributed by atoms with Crippen LogP contribution in [0.3, 0.4) is 0 Å². The van der Waals surface area contributed by atoms with E-state index in [2.05, 4.69) is 436 Å². The molecule has 0 atom stereocenters. The molecule has 0 fully saturated rings. The zero-order chi connectivity index (χ0) is 85.9. The third-order valence-electron chi connectivity index (χ3n) is 23.5. The van der Waals surface area contributed by atoms with Crippen LogP contribution in [0.5, 0.6) is 11.5 Å². The van der Waals surface area contributed by atoms with E-state index in [1.54, 1.807) is 6.33 Å². The van der Waals surface area contributed by atoms with E-state index in [1.165, 1.54) is 43.5 Å². The Morgan fingerprint density at radius 2 is 0.533 bits per heavy atom. The maximum atomic E-state index is 13.1. The smallest absolute Gasteiger partial charge is 0.149 e. The van der Waals surface area contributed by atoms with Crippen molar-refractivity contribution < 1.29 is 10.2 Å². The van der Waals surface area contributed by atoms with E-state index in [-0.39, 0.29) is 44.0 Å². The number of rotatable bonds is 14. The van der Waals surface area contributed by atoms with Crippen molar-refractivity contribution in [2.24, 2.45) is 0 Å². The van der Waals surface area contributed by atoms with Gasteiger partial charge < -0.3 is 10.2 Å². The van der Waals surface area contributed by atoms with Gasteiger partial charge in [0, 0.05) is 44.8 Å². The Hall–Kier alpha value is -10.9. The first-order valence-electron chi connectivity index (χ1n) is 42.4. The van der Waals surface area contributed by atoms with E-state index in [1.807, 2.05) is 0 Å². The minimum Gasteiger partial charge on any atom is -0.507 e. The average molecular weight is 1620 g/mol. The van der Waals surface area contributed by atoms with Crippen molar-refractivity contribution >= 4 is 69.7 Å². The SMILES string of the molecule is CC(C)(C)c1cc(-n2c(-c3cc(C(C)(C)C)cc(C(C)(C)C)c3O)nc3c(-c4cc(-c5cc(-c6cc(-c7cccc8c7nc(-c7cc(C(C)(C)C)cc(C(C)(C)C)c7O)n8-c7cc(C(C)(C)C)cc(C(C)(C)C)c7)cc(P(c7ccccc7)c7ccccc7)c6)ncn5)cc(P(c5ccccc5)c5ccccc5)c4)cccc32)cc(C(C)(C)C)c1. The van der Waals surface area contributed by atoms with Crippen molar-refractivity contribution in [2.45, 2.75) is 209 Å². The maximum absolute atomic E-state index is 13.1. The van der Waals surface area contributed by atoms with Gasteiger partial charge in [-0.25, -0.2) is 19.9 Å². The second-order valence-electron chi connectivity index (χ2n) is 41.1. The van der Waals surface area contributed by atoms with Gasteiger partial charge in [0.1, 0.15) is 29.5 Å². The standard InChI is InChI=1S/C110H118N6O2P2/c1-103(2,3)73-57-74(104(4,5)6)60-79(59-73)115-95-49-37-47-87(97(95)113-101(115)89-63-77(107(13,14)15)65-91(99(89)117)109(19,20)21)69-51-71(55-85(53-69)119(81-39-29-25-30-40-81)82-41-31-26-32-42-82)93-67-94(112-68-111-93)72-52-70(54-86(56-72)120(83-43-33-27-34-44-83)84-45-35-28-36-46-84)88-48-38-50-96-98(88)114-102(90-64-78(108(16,17)18)66-92(100(90)118)110(22,23)24)116(96)80-61-75(105(7,8)9)58-76(62-80)106(10,11)12/h25-68,117-118H,1-24H3. The first-order chi connectivity index (χ1) is 56.4. The lowest BCUT2D eigenvalue weighted by Gasteiger charge is -2.28. The predicted octanol–water partition coefficient (Wildman–Crippen LogP) is 26.5. The van der Waals surface area contributed by atoms with Crippen LogP contribution >= 0.6 is 15.8 Å². The molecule has 120 heavy (non-hydrogen) atoms. The van der Waals surface area contributed by atoms with Crippen LogP contribution in [0.15, 0.2) is 267 Å².